The fourth-order valence-electron chi connectivity index (χ4n) is 2.19. The van der Waals surface area contributed by atoms with Crippen LogP contribution in [0.25, 0.3) is 0 Å². The molecule has 2 rings (SSSR count). The third-order valence-corrected chi connectivity index (χ3v) is 4.85. The monoisotopic (exact) mass is 299 g/mol. The van der Waals surface area contributed by atoms with Crippen LogP contribution >= 0.6 is 27.7 Å². The topological polar surface area (TPSA) is 3.24 Å². The quantitative estimate of drug-likeness (QED) is 0.764. The van der Waals surface area contributed by atoms with Crippen molar-refractivity contribution in [3.05, 3.63) is 29.3 Å². The van der Waals surface area contributed by atoms with Gasteiger partial charge >= 0.3 is 0 Å². The second-order valence-corrected chi connectivity index (χ2v) is 6.09. The Hall–Kier alpha value is -0.150. The van der Waals surface area contributed by atoms with Crippen molar-refractivity contribution in [1.29, 1.82) is 0 Å². The van der Waals surface area contributed by atoms with E-state index in [4.69, 9.17) is 0 Å². The first-order valence-electron chi connectivity index (χ1n) is 5.72. The number of benzene rings is 1. The van der Waals surface area contributed by atoms with Gasteiger partial charge in [0.25, 0.3) is 0 Å². The lowest BCUT2D eigenvalue weighted by atomic mass is 10.1. The van der Waals surface area contributed by atoms with Gasteiger partial charge < -0.3 is 4.90 Å². The number of thioether (sulfide) groups is 1. The minimum absolute atomic E-state index is 0.652. The minimum Gasteiger partial charge on any atom is -0.367 e. The maximum Gasteiger partial charge on any atom is 0.0410 e. The number of hydrogen-bond acceptors (Lipinski definition) is 2. The summed E-state index contributed by atoms with van der Waals surface area (Å²) in [6.07, 6.45) is 0. The summed E-state index contributed by atoms with van der Waals surface area (Å²) in [5, 5.41) is 0.945. The highest BCUT2D eigenvalue weighted by Crippen LogP contribution is 2.29. The SMILES string of the molecule is Cc1ccc(N2CCSCC2C)c(CBr)c1. The van der Waals surface area contributed by atoms with Crippen molar-refractivity contribution in [3.8, 4) is 0 Å². The smallest absolute Gasteiger partial charge is 0.0410 e. The lowest BCUT2D eigenvalue weighted by Gasteiger charge is -2.36. The van der Waals surface area contributed by atoms with Crippen molar-refractivity contribution < 1.29 is 0 Å². The highest BCUT2D eigenvalue weighted by molar-refractivity contribution is 9.08. The van der Waals surface area contributed by atoms with Gasteiger partial charge in [-0.15, -0.1) is 0 Å². The zero-order valence-corrected chi connectivity index (χ0v) is 12.3. The Labute approximate surface area is 111 Å². The maximum atomic E-state index is 3.60. The van der Waals surface area contributed by atoms with Crippen molar-refractivity contribution in [3.63, 3.8) is 0 Å². The van der Waals surface area contributed by atoms with Gasteiger partial charge in [-0.05, 0) is 25.5 Å². The Morgan fingerprint density at radius 2 is 2.31 bits per heavy atom. The molecule has 1 aliphatic heterocycles. The summed E-state index contributed by atoms with van der Waals surface area (Å²) in [7, 11) is 0. The molecule has 0 N–H and O–H groups in total. The van der Waals surface area contributed by atoms with Gasteiger partial charge in [0.2, 0.25) is 0 Å². The van der Waals surface area contributed by atoms with Crippen LogP contribution in [0, 0.1) is 6.92 Å². The molecule has 1 nitrogen and oxygen atoms in total. The molecule has 0 saturated carbocycles. The Balaban J connectivity index is 2.30. The van der Waals surface area contributed by atoms with Crippen LogP contribution < -0.4 is 4.90 Å². The Morgan fingerprint density at radius 1 is 1.50 bits per heavy atom. The molecule has 0 aliphatic carbocycles. The molecule has 3 heteroatoms. The molecular formula is C13H18BrNS. The summed E-state index contributed by atoms with van der Waals surface area (Å²) in [5.74, 6) is 2.50. The first kappa shape index (κ1) is 12.3. The number of aryl methyl sites for hydroxylation is 1. The zero-order valence-electron chi connectivity index (χ0n) is 9.87. The summed E-state index contributed by atoms with van der Waals surface area (Å²) in [4.78, 5) is 2.55. The average Bonchev–Trinajstić information content (AvgIpc) is 2.30. The van der Waals surface area contributed by atoms with Crippen LogP contribution in [0.3, 0.4) is 0 Å². The third-order valence-electron chi connectivity index (χ3n) is 3.06. The van der Waals surface area contributed by atoms with Crippen LogP contribution in [0.2, 0.25) is 0 Å². The van der Waals surface area contributed by atoms with Crippen molar-refractivity contribution in [2.75, 3.05) is 23.0 Å². The second kappa shape index (κ2) is 5.46. The summed E-state index contributed by atoms with van der Waals surface area (Å²) in [6, 6.07) is 7.44. The van der Waals surface area contributed by atoms with E-state index in [0.717, 1.165) is 5.33 Å². The molecule has 0 aromatic heterocycles. The van der Waals surface area contributed by atoms with Crippen LogP contribution in [0.15, 0.2) is 18.2 Å². The number of halogens is 1. The zero-order chi connectivity index (χ0) is 11.5. The fraction of sp³-hybridized carbons (Fsp3) is 0.538. The second-order valence-electron chi connectivity index (χ2n) is 4.38. The van der Waals surface area contributed by atoms with Crippen molar-refractivity contribution in [2.24, 2.45) is 0 Å². The van der Waals surface area contributed by atoms with E-state index in [1.54, 1.807) is 0 Å². The number of anilines is 1. The van der Waals surface area contributed by atoms with Crippen LogP contribution in [-0.2, 0) is 5.33 Å². The Morgan fingerprint density at radius 3 is 3.00 bits per heavy atom. The van der Waals surface area contributed by atoms with E-state index in [0.29, 0.717) is 6.04 Å². The number of nitrogens with zero attached hydrogens (tertiary/aromatic N) is 1. The number of alkyl halides is 1. The third kappa shape index (κ3) is 2.57. The van der Waals surface area contributed by atoms with Gasteiger partial charge in [-0.25, -0.2) is 0 Å². The van der Waals surface area contributed by atoms with Crippen molar-refractivity contribution in [2.45, 2.75) is 25.2 Å². The molecule has 0 spiro atoms. The largest absolute Gasteiger partial charge is 0.367 e. The molecule has 88 valence electrons. The predicted octanol–water partition coefficient (Wildman–Crippen LogP) is 3.83. The first-order valence-corrected chi connectivity index (χ1v) is 8.00. The van der Waals surface area contributed by atoms with E-state index in [1.807, 2.05) is 0 Å². The standard InChI is InChI=1S/C13H18BrNS/c1-10-3-4-13(12(7-10)8-14)15-5-6-16-9-11(15)2/h3-4,7,11H,5-6,8-9H2,1-2H3. The van der Waals surface area contributed by atoms with Gasteiger partial charge in [0.15, 0.2) is 0 Å². The predicted molar refractivity (Wildman–Crippen MR) is 77.9 cm³/mol. The Kier molecular flexibility index (Phi) is 4.20. The molecule has 1 atom stereocenters. The van der Waals surface area contributed by atoms with E-state index in [2.05, 4.69) is 64.6 Å². The summed E-state index contributed by atoms with van der Waals surface area (Å²) >= 11 is 5.66. The van der Waals surface area contributed by atoms with Gasteiger partial charge in [0.1, 0.15) is 0 Å². The molecular weight excluding hydrogens is 282 g/mol. The molecule has 0 radical (unpaired) electrons. The van der Waals surface area contributed by atoms with E-state index in [9.17, 15) is 0 Å². The van der Waals surface area contributed by atoms with E-state index < -0.39 is 0 Å². The van der Waals surface area contributed by atoms with Crippen LogP contribution in [0.4, 0.5) is 5.69 Å². The van der Waals surface area contributed by atoms with Crippen LogP contribution in [0.5, 0.6) is 0 Å². The summed E-state index contributed by atoms with van der Waals surface area (Å²) in [5.41, 5.74) is 4.17. The first-order chi connectivity index (χ1) is 7.72. The Bertz CT molecular complexity index is 367. The molecule has 1 saturated heterocycles. The van der Waals surface area contributed by atoms with E-state index in [1.165, 1.54) is 34.9 Å². The van der Waals surface area contributed by atoms with Gasteiger partial charge in [-0.3, -0.25) is 0 Å². The number of rotatable bonds is 2. The molecule has 1 unspecified atom stereocenters. The highest BCUT2D eigenvalue weighted by atomic mass is 79.9. The summed E-state index contributed by atoms with van der Waals surface area (Å²) in [6.45, 7) is 5.66. The molecule has 1 aromatic carbocycles. The maximum absolute atomic E-state index is 3.60. The van der Waals surface area contributed by atoms with E-state index in [-0.39, 0.29) is 0 Å². The van der Waals surface area contributed by atoms with Crippen LogP contribution in [-0.4, -0.2) is 24.1 Å². The van der Waals surface area contributed by atoms with Gasteiger partial charge in [-0.1, -0.05) is 33.6 Å². The van der Waals surface area contributed by atoms with Crippen molar-refractivity contribution in [1.82, 2.24) is 0 Å². The normalized spacial score (nSPS) is 21.2. The molecule has 0 amide bonds. The molecule has 1 heterocycles. The average molecular weight is 300 g/mol. The minimum atomic E-state index is 0.652. The van der Waals surface area contributed by atoms with Gasteiger partial charge in [-0.2, -0.15) is 11.8 Å². The molecule has 0 bridgehead atoms. The summed E-state index contributed by atoms with van der Waals surface area (Å²) < 4.78 is 0. The van der Waals surface area contributed by atoms with E-state index >= 15 is 0 Å². The lowest BCUT2D eigenvalue weighted by Crippen LogP contribution is -2.40. The molecule has 1 fully saturated rings. The fourth-order valence-corrected chi connectivity index (χ4v) is 3.65. The molecule has 1 aromatic rings. The molecule has 16 heavy (non-hydrogen) atoms. The lowest BCUT2D eigenvalue weighted by molar-refractivity contribution is 0.697. The van der Waals surface area contributed by atoms with Crippen LogP contribution in [0.1, 0.15) is 18.1 Å². The van der Waals surface area contributed by atoms with Gasteiger partial charge in [0.05, 0.1) is 0 Å². The number of hydrogen-bond donors (Lipinski definition) is 0. The van der Waals surface area contributed by atoms with Gasteiger partial charge in [0, 0.05) is 35.1 Å². The van der Waals surface area contributed by atoms with Crippen molar-refractivity contribution >= 4 is 33.4 Å². The highest BCUT2D eigenvalue weighted by Gasteiger charge is 2.20. The molecule has 1 aliphatic rings.